The number of nitrogens with one attached hydrogen (secondary N) is 3. The van der Waals surface area contributed by atoms with Gasteiger partial charge in [-0.1, -0.05) is 29.8 Å². The topological polar surface area (TPSA) is 60.1 Å². The van der Waals surface area contributed by atoms with Crippen molar-refractivity contribution in [3.8, 4) is 5.75 Å². The number of hydrogen-bond acceptors (Lipinski definition) is 3. The fourth-order valence-electron chi connectivity index (χ4n) is 2.95. The number of fused-ring (bicyclic) bond motifs is 1. The molecule has 0 fully saturated rings. The van der Waals surface area contributed by atoms with Gasteiger partial charge < -0.3 is 15.5 Å². The number of aromatic nitrogens is 1. The summed E-state index contributed by atoms with van der Waals surface area (Å²) in [6, 6.07) is 13.9. The molecule has 0 amide bonds. The van der Waals surface area contributed by atoms with Crippen LogP contribution in [0.2, 0.25) is 0 Å². The molecule has 0 spiro atoms. The van der Waals surface area contributed by atoms with Crippen molar-refractivity contribution in [2.75, 3.05) is 0 Å². The first-order valence-corrected chi connectivity index (χ1v) is 7.32. The first-order chi connectivity index (χ1) is 10.7. The number of phenols is 1. The van der Waals surface area contributed by atoms with E-state index in [2.05, 4.69) is 34.0 Å². The third-order valence-electron chi connectivity index (χ3n) is 4.09. The molecule has 1 unspecified atom stereocenters. The Balaban J connectivity index is 1.74. The lowest BCUT2D eigenvalue weighted by molar-refractivity contribution is 0.472. The minimum absolute atomic E-state index is 0.0612. The van der Waals surface area contributed by atoms with Gasteiger partial charge in [0.25, 0.3) is 0 Å². The van der Waals surface area contributed by atoms with Gasteiger partial charge in [0.2, 0.25) is 0 Å². The Morgan fingerprint density at radius 1 is 1.09 bits per heavy atom. The van der Waals surface area contributed by atoms with Gasteiger partial charge in [0.1, 0.15) is 5.75 Å². The van der Waals surface area contributed by atoms with Crippen molar-refractivity contribution >= 4 is 16.6 Å². The van der Waals surface area contributed by atoms with Crippen LogP contribution in [0.4, 0.5) is 0 Å². The van der Waals surface area contributed by atoms with E-state index in [1.807, 2.05) is 37.4 Å². The second kappa shape index (κ2) is 4.93. The molecule has 0 bridgehead atoms. The molecule has 0 aliphatic carbocycles. The lowest BCUT2D eigenvalue weighted by atomic mass is 10.0. The van der Waals surface area contributed by atoms with Crippen LogP contribution in [-0.2, 0) is 0 Å². The maximum absolute atomic E-state index is 10.1. The van der Waals surface area contributed by atoms with Crippen molar-refractivity contribution in [1.82, 2.24) is 15.8 Å². The summed E-state index contributed by atoms with van der Waals surface area (Å²) in [6.45, 7) is 2.02. The molecule has 22 heavy (non-hydrogen) atoms. The molecule has 0 radical (unpaired) electrons. The van der Waals surface area contributed by atoms with E-state index in [9.17, 15) is 5.11 Å². The molecular weight excluding hydrogens is 274 g/mol. The third-order valence-corrected chi connectivity index (χ3v) is 4.09. The Hall–Kier alpha value is -2.72. The van der Waals surface area contributed by atoms with E-state index in [0.29, 0.717) is 0 Å². The van der Waals surface area contributed by atoms with Gasteiger partial charge in [0.15, 0.2) is 0 Å². The van der Waals surface area contributed by atoms with Gasteiger partial charge in [-0.2, -0.15) is 0 Å². The SMILES string of the molecule is Cc1ccc(O)c(C2=CC(c3c[nH]c4ccccc34)NN2)c1. The van der Waals surface area contributed by atoms with E-state index in [-0.39, 0.29) is 11.8 Å². The molecular formula is C18H17N3O. The molecule has 1 aliphatic heterocycles. The summed E-state index contributed by atoms with van der Waals surface area (Å²) in [5.41, 5.74) is 11.6. The van der Waals surface area contributed by atoms with Crippen LogP contribution in [0.3, 0.4) is 0 Å². The van der Waals surface area contributed by atoms with Gasteiger partial charge in [-0.15, -0.1) is 0 Å². The molecule has 4 rings (SSSR count). The molecule has 110 valence electrons. The van der Waals surface area contributed by atoms with E-state index >= 15 is 0 Å². The van der Waals surface area contributed by atoms with E-state index in [0.717, 1.165) is 22.3 Å². The first-order valence-electron chi connectivity index (χ1n) is 7.32. The zero-order chi connectivity index (χ0) is 15.1. The van der Waals surface area contributed by atoms with Crippen LogP contribution in [0.25, 0.3) is 16.6 Å². The monoisotopic (exact) mass is 291 g/mol. The fourth-order valence-corrected chi connectivity index (χ4v) is 2.95. The standard InChI is InChI=1S/C18H17N3O/c1-11-6-7-18(22)13(8-11)16-9-17(21-20-16)14-10-19-15-5-3-2-4-12(14)15/h2-10,17,19-22H,1H3. The number of rotatable bonds is 2. The Morgan fingerprint density at radius 2 is 1.95 bits per heavy atom. The van der Waals surface area contributed by atoms with Crippen LogP contribution in [0.15, 0.2) is 54.7 Å². The molecule has 1 aliphatic rings. The number of para-hydroxylation sites is 1. The van der Waals surface area contributed by atoms with Gasteiger partial charge in [0.05, 0.1) is 11.7 Å². The van der Waals surface area contributed by atoms with E-state index < -0.39 is 0 Å². The highest BCUT2D eigenvalue weighted by molar-refractivity contribution is 5.84. The number of phenolic OH excluding ortho intramolecular Hbond substituents is 1. The Bertz CT molecular complexity index is 879. The molecule has 2 heterocycles. The molecule has 4 nitrogen and oxygen atoms in total. The van der Waals surface area contributed by atoms with Crippen molar-refractivity contribution in [2.24, 2.45) is 0 Å². The minimum atomic E-state index is 0.0612. The molecule has 0 saturated carbocycles. The quantitative estimate of drug-likeness (QED) is 0.585. The highest BCUT2D eigenvalue weighted by Crippen LogP contribution is 2.32. The lowest BCUT2D eigenvalue weighted by Crippen LogP contribution is -2.26. The first kappa shape index (κ1) is 13.0. The van der Waals surface area contributed by atoms with Crippen molar-refractivity contribution in [2.45, 2.75) is 13.0 Å². The van der Waals surface area contributed by atoms with Gasteiger partial charge in [-0.05, 0) is 31.2 Å². The van der Waals surface area contributed by atoms with Crippen LogP contribution in [-0.4, -0.2) is 10.1 Å². The maximum atomic E-state index is 10.1. The predicted molar refractivity (Wildman–Crippen MR) is 88.1 cm³/mol. The highest BCUT2D eigenvalue weighted by Gasteiger charge is 2.21. The zero-order valence-corrected chi connectivity index (χ0v) is 12.2. The van der Waals surface area contributed by atoms with Crippen molar-refractivity contribution < 1.29 is 5.11 Å². The summed E-state index contributed by atoms with van der Waals surface area (Å²) >= 11 is 0. The summed E-state index contributed by atoms with van der Waals surface area (Å²) in [4.78, 5) is 3.29. The average Bonchev–Trinajstić information content (AvgIpc) is 3.16. The number of H-pyrrole nitrogens is 1. The number of aromatic hydroxyl groups is 1. The summed E-state index contributed by atoms with van der Waals surface area (Å²) < 4.78 is 0. The van der Waals surface area contributed by atoms with Crippen molar-refractivity contribution in [3.05, 3.63) is 71.4 Å². The van der Waals surface area contributed by atoms with Crippen LogP contribution in [0.1, 0.15) is 22.7 Å². The average molecular weight is 291 g/mol. The number of benzene rings is 2. The Labute approximate surface area is 128 Å². The number of aryl methyl sites for hydroxylation is 1. The van der Waals surface area contributed by atoms with Gasteiger partial charge in [-0.3, -0.25) is 0 Å². The molecule has 3 aromatic rings. The Morgan fingerprint density at radius 3 is 2.86 bits per heavy atom. The zero-order valence-electron chi connectivity index (χ0n) is 12.2. The van der Waals surface area contributed by atoms with Gasteiger partial charge in [-0.25, -0.2) is 5.43 Å². The van der Waals surface area contributed by atoms with E-state index in [1.165, 1.54) is 10.9 Å². The van der Waals surface area contributed by atoms with Crippen LogP contribution in [0, 0.1) is 6.92 Å². The Kier molecular flexibility index (Phi) is 2.91. The highest BCUT2D eigenvalue weighted by atomic mass is 16.3. The summed E-state index contributed by atoms with van der Waals surface area (Å²) in [5.74, 6) is 0.283. The number of hydrogen-bond donors (Lipinski definition) is 4. The second-order valence-corrected chi connectivity index (χ2v) is 5.64. The molecule has 1 atom stereocenters. The van der Waals surface area contributed by atoms with Gasteiger partial charge in [0, 0.05) is 28.2 Å². The van der Waals surface area contributed by atoms with Crippen LogP contribution >= 0.6 is 0 Å². The van der Waals surface area contributed by atoms with E-state index in [4.69, 9.17) is 0 Å². The normalized spacial score (nSPS) is 17.5. The smallest absolute Gasteiger partial charge is 0.124 e. The van der Waals surface area contributed by atoms with E-state index in [1.54, 1.807) is 6.07 Å². The maximum Gasteiger partial charge on any atom is 0.124 e. The summed E-state index contributed by atoms with van der Waals surface area (Å²) in [5, 5.41) is 11.3. The molecule has 2 aromatic carbocycles. The minimum Gasteiger partial charge on any atom is -0.507 e. The van der Waals surface area contributed by atoms with Crippen LogP contribution in [0.5, 0.6) is 5.75 Å². The largest absolute Gasteiger partial charge is 0.507 e. The summed E-state index contributed by atoms with van der Waals surface area (Å²) in [7, 11) is 0. The van der Waals surface area contributed by atoms with Crippen molar-refractivity contribution in [1.29, 1.82) is 0 Å². The number of aromatic amines is 1. The third kappa shape index (κ3) is 2.05. The van der Waals surface area contributed by atoms with Crippen molar-refractivity contribution in [3.63, 3.8) is 0 Å². The number of hydrazine groups is 1. The van der Waals surface area contributed by atoms with Crippen LogP contribution < -0.4 is 10.9 Å². The lowest BCUT2D eigenvalue weighted by Gasteiger charge is -2.08. The summed E-state index contributed by atoms with van der Waals surface area (Å²) in [6.07, 6.45) is 4.13. The predicted octanol–water partition coefficient (Wildman–Crippen LogP) is 3.37. The molecule has 0 saturated heterocycles. The fraction of sp³-hybridized carbons (Fsp3) is 0.111. The molecule has 4 N–H and O–H groups in total. The molecule has 4 heteroatoms. The second-order valence-electron chi connectivity index (χ2n) is 5.64. The molecule has 1 aromatic heterocycles. The van der Waals surface area contributed by atoms with Gasteiger partial charge >= 0.3 is 0 Å².